The number of carbonyl (C=O) groups excluding carboxylic acids is 1. The highest BCUT2D eigenvalue weighted by Gasteiger charge is 2.39. The lowest BCUT2D eigenvalue weighted by molar-refractivity contribution is 0.0227. The molecule has 30 heavy (non-hydrogen) atoms. The maximum absolute atomic E-state index is 13.0. The number of hydrogen-bond donors (Lipinski definition) is 1. The predicted molar refractivity (Wildman–Crippen MR) is 121 cm³/mol. The summed E-state index contributed by atoms with van der Waals surface area (Å²) in [6.45, 7) is 7.67. The first-order valence-corrected chi connectivity index (χ1v) is 11.5. The van der Waals surface area contributed by atoms with Gasteiger partial charge in [-0.25, -0.2) is 0 Å². The van der Waals surface area contributed by atoms with Gasteiger partial charge in [-0.2, -0.15) is 0 Å². The minimum absolute atomic E-state index is 0.0117. The molecular weight excluding hydrogens is 372 g/mol. The van der Waals surface area contributed by atoms with E-state index in [0.717, 1.165) is 42.7 Å². The number of rotatable bonds is 6. The van der Waals surface area contributed by atoms with Gasteiger partial charge in [-0.3, -0.25) is 9.69 Å². The Bertz CT molecular complexity index is 852. The standard InChI is InChI=1S/C26H34N2O2/c1-3-26(4-2)18-23(22-10-6-7-11-24(22)30-26)27-25(29)21-14-12-20(13-15-21)19-28-16-8-5-9-17-28/h6-7,10-15,23H,3-5,8-9,16-19H2,1-2H3,(H,27,29). The van der Waals surface area contributed by atoms with Gasteiger partial charge in [-0.1, -0.05) is 50.6 Å². The summed E-state index contributed by atoms with van der Waals surface area (Å²) in [5.41, 5.74) is 2.86. The van der Waals surface area contributed by atoms with E-state index in [9.17, 15) is 4.79 Å². The molecule has 1 saturated heterocycles. The van der Waals surface area contributed by atoms with E-state index in [-0.39, 0.29) is 17.6 Å². The Morgan fingerprint density at radius 3 is 2.43 bits per heavy atom. The molecule has 1 amide bonds. The lowest BCUT2D eigenvalue weighted by Gasteiger charge is -2.41. The molecule has 4 rings (SSSR count). The third-order valence-corrected chi connectivity index (χ3v) is 6.86. The molecule has 1 fully saturated rings. The fraction of sp³-hybridized carbons (Fsp3) is 0.500. The topological polar surface area (TPSA) is 41.6 Å². The van der Waals surface area contributed by atoms with E-state index in [4.69, 9.17) is 4.74 Å². The first-order valence-electron chi connectivity index (χ1n) is 11.5. The Morgan fingerprint density at radius 1 is 1.03 bits per heavy atom. The van der Waals surface area contributed by atoms with Crippen LogP contribution in [-0.4, -0.2) is 29.5 Å². The van der Waals surface area contributed by atoms with E-state index in [1.54, 1.807) is 0 Å². The van der Waals surface area contributed by atoms with Crippen LogP contribution in [0.15, 0.2) is 48.5 Å². The highest BCUT2D eigenvalue weighted by atomic mass is 16.5. The lowest BCUT2D eigenvalue weighted by Crippen LogP contribution is -2.44. The summed E-state index contributed by atoms with van der Waals surface area (Å²) in [6.07, 6.45) is 6.59. The molecular formula is C26H34N2O2. The van der Waals surface area contributed by atoms with Gasteiger partial charge in [0.2, 0.25) is 0 Å². The van der Waals surface area contributed by atoms with Gasteiger partial charge in [0.25, 0.3) is 5.91 Å². The van der Waals surface area contributed by atoms with Crippen molar-refractivity contribution in [3.8, 4) is 5.75 Å². The van der Waals surface area contributed by atoms with Crippen molar-refractivity contribution in [2.24, 2.45) is 0 Å². The van der Waals surface area contributed by atoms with Crippen LogP contribution in [-0.2, 0) is 6.54 Å². The quantitative estimate of drug-likeness (QED) is 0.690. The highest BCUT2D eigenvalue weighted by Crippen LogP contribution is 2.42. The molecule has 2 aromatic carbocycles. The molecule has 4 heteroatoms. The van der Waals surface area contributed by atoms with Crippen molar-refractivity contribution < 1.29 is 9.53 Å². The SMILES string of the molecule is CCC1(CC)CC(NC(=O)c2ccc(CN3CCCCC3)cc2)c2ccccc2O1. The molecule has 0 aliphatic carbocycles. The smallest absolute Gasteiger partial charge is 0.251 e. The van der Waals surface area contributed by atoms with Crippen molar-refractivity contribution in [2.75, 3.05) is 13.1 Å². The Labute approximate surface area is 180 Å². The molecule has 2 aliphatic heterocycles. The van der Waals surface area contributed by atoms with Gasteiger partial charge in [-0.05, 0) is 62.5 Å². The second-order valence-electron chi connectivity index (χ2n) is 8.79. The second-order valence-corrected chi connectivity index (χ2v) is 8.79. The van der Waals surface area contributed by atoms with Crippen LogP contribution in [0.5, 0.6) is 5.75 Å². The molecule has 1 unspecified atom stereocenters. The van der Waals surface area contributed by atoms with Gasteiger partial charge < -0.3 is 10.1 Å². The number of fused-ring (bicyclic) bond motifs is 1. The molecule has 160 valence electrons. The number of ether oxygens (including phenoxy) is 1. The van der Waals surface area contributed by atoms with Crippen LogP contribution in [0, 0.1) is 0 Å². The Hall–Kier alpha value is -2.33. The average molecular weight is 407 g/mol. The van der Waals surface area contributed by atoms with E-state index < -0.39 is 0 Å². The number of para-hydroxylation sites is 1. The monoisotopic (exact) mass is 406 g/mol. The number of nitrogens with one attached hydrogen (secondary N) is 1. The van der Waals surface area contributed by atoms with Crippen molar-refractivity contribution in [2.45, 2.75) is 70.6 Å². The van der Waals surface area contributed by atoms with E-state index in [2.05, 4.69) is 42.3 Å². The van der Waals surface area contributed by atoms with E-state index >= 15 is 0 Å². The first kappa shape index (κ1) is 20.9. The second kappa shape index (κ2) is 9.22. The Kier molecular flexibility index (Phi) is 6.43. The zero-order chi connectivity index (χ0) is 21.0. The molecule has 2 aromatic rings. The number of likely N-dealkylation sites (tertiary alicyclic amines) is 1. The van der Waals surface area contributed by atoms with Gasteiger partial charge in [0, 0.05) is 24.1 Å². The molecule has 2 aliphatic rings. The van der Waals surface area contributed by atoms with Crippen LogP contribution in [0.25, 0.3) is 0 Å². The number of hydrogen-bond acceptors (Lipinski definition) is 3. The maximum atomic E-state index is 13.0. The summed E-state index contributed by atoms with van der Waals surface area (Å²) < 4.78 is 6.37. The Balaban J connectivity index is 1.46. The molecule has 4 nitrogen and oxygen atoms in total. The zero-order valence-corrected chi connectivity index (χ0v) is 18.3. The zero-order valence-electron chi connectivity index (χ0n) is 18.3. The fourth-order valence-corrected chi connectivity index (χ4v) is 4.81. The van der Waals surface area contributed by atoms with E-state index in [1.807, 2.05) is 30.3 Å². The molecule has 0 aromatic heterocycles. The van der Waals surface area contributed by atoms with E-state index in [0.29, 0.717) is 0 Å². The number of piperidine rings is 1. The lowest BCUT2D eigenvalue weighted by atomic mass is 9.83. The maximum Gasteiger partial charge on any atom is 0.251 e. The normalized spacial score (nSPS) is 20.8. The van der Waals surface area contributed by atoms with Gasteiger partial charge in [0.05, 0.1) is 6.04 Å². The third kappa shape index (κ3) is 4.54. The van der Waals surface area contributed by atoms with Crippen molar-refractivity contribution in [3.63, 3.8) is 0 Å². The van der Waals surface area contributed by atoms with Crippen LogP contribution in [0.1, 0.15) is 79.9 Å². The molecule has 0 saturated carbocycles. The fourth-order valence-electron chi connectivity index (χ4n) is 4.81. The third-order valence-electron chi connectivity index (χ3n) is 6.86. The van der Waals surface area contributed by atoms with E-state index in [1.165, 1.54) is 37.9 Å². The summed E-state index contributed by atoms with van der Waals surface area (Å²) in [6, 6.07) is 16.2. The van der Waals surface area contributed by atoms with Crippen LogP contribution >= 0.6 is 0 Å². The minimum atomic E-state index is -0.218. The van der Waals surface area contributed by atoms with Gasteiger partial charge in [-0.15, -0.1) is 0 Å². The highest BCUT2D eigenvalue weighted by molar-refractivity contribution is 5.94. The van der Waals surface area contributed by atoms with Gasteiger partial charge in [0.1, 0.15) is 11.4 Å². The number of carbonyl (C=O) groups is 1. The predicted octanol–water partition coefficient (Wildman–Crippen LogP) is 5.48. The van der Waals surface area contributed by atoms with Crippen LogP contribution in [0.2, 0.25) is 0 Å². The van der Waals surface area contributed by atoms with Gasteiger partial charge in [0.15, 0.2) is 0 Å². The summed E-state index contributed by atoms with van der Waals surface area (Å²) in [7, 11) is 0. The largest absolute Gasteiger partial charge is 0.487 e. The van der Waals surface area contributed by atoms with Crippen molar-refractivity contribution >= 4 is 5.91 Å². The number of benzene rings is 2. The summed E-state index contributed by atoms with van der Waals surface area (Å²) in [5, 5.41) is 3.29. The molecule has 1 N–H and O–H groups in total. The summed E-state index contributed by atoms with van der Waals surface area (Å²) >= 11 is 0. The van der Waals surface area contributed by atoms with Crippen molar-refractivity contribution in [3.05, 3.63) is 65.2 Å². The Morgan fingerprint density at radius 2 is 1.73 bits per heavy atom. The summed E-state index contributed by atoms with van der Waals surface area (Å²) in [5.74, 6) is 0.886. The average Bonchev–Trinajstić information content (AvgIpc) is 2.80. The van der Waals surface area contributed by atoms with Gasteiger partial charge >= 0.3 is 0 Å². The number of nitrogens with zero attached hydrogens (tertiary/aromatic N) is 1. The molecule has 2 heterocycles. The van der Waals surface area contributed by atoms with Crippen LogP contribution in [0.3, 0.4) is 0 Å². The van der Waals surface area contributed by atoms with Crippen LogP contribution in [0.4, 0.5) is 0 Å². The molecule has 1 atom stereocenters. The van der Waals surface area contributed by atoms with Crippen molar-refractivity contribution in [1.82, 2.24) is 10.2 Å². The number of amides is 1. The first-order chi connectivity index (χ1) is 14.6. The van der Waals surface area contributed by atoms with Crippen LogP contribution < -0.4 is 10.1 Å². The van der Waals surface area contributed by atoms with Crippen molar-refractivity contribution in [1.29, 1.82) is 0 Å². The summed E-state index contributed by atoms with van der Waals surface area (Å²) in [4.78, 5) is 15.6. The molecule has 0 bridgehead atoms. The molecule has 0 spiro atoms. The molecule has 0 radical (unpaired) electrons. The minimum Gasteiger partial charge on any atom is -0.487 e.